The molecule has 43 heavy (non-hydrogen) atoms. The summed E-state index contributed by atoms with van der Waals surface area (Å²) in [5, 5.41) is 10.8. The van der Waals surface area contributed by atoms with Crippen molar-refractivity contribution in [2.24, 2.45) is 11.8 Å². The SMILES string of the molecule is CCCC(=O)N[C@@H](c1cnn2cc([C@@H](NC(=O)c3cccc(N4CCCC4=O)c3)C3CCC(F)(F)CC3)nc2c1)C1CC1. The van der Waals surface area contributed by atoms with E-state index >= 15 is 0 Å². The number of hydrogen-bond donors (Lipinski definition) is 2. The minimum absolute atomic E-state index is 0.0124. The number of aromatic nitrogens is 3. The van der Waals surface area contributed by atoms with E-state index in [9.17, 15) is 23.2 Å². The van der Waals surface area contributed by atoms with Crippen LogP contribution >= 0.6 is 0 Å². The molecule has 6 rings (SSSR count). The number of carbonyl (C=O) groups is 3. The molecule has 2 aliphatic carbocycles. The first-order valence-electron chi connectivity index (χ1n) is 15.4. The predicted molar refractivity (Wildman–Crippen MR) is 157 cm³/mol. The third-order valence-corrected chi connectivity index (χ3v) is 8.94. The second kappa shape index (κ2) is 12.0. The lowest BCUT2D eigenvalue weighted by Gasteiger charge is -2.33. The molecule has 0 bridgehead atoms. The van der Waals surface area contributed by atoms with Crippen LogP contribution in [0.15, 0.2) is 42.7 Å². The fraction of sp³-hybridized carbons (Fsp3) is 0.531. The maximum Gasteiger partial charge on any atom is 0.251 e. The van der Waals surface area contributed by atoms with E-state index in [4.69, 9.17) is 4.98 Å². The smallest absolute Gasteiger partial charge is 0.251 e. The van der Waals surface area contributed by atoms with Gasteiger partial charge < -0.3 is 15.5 Å². The highest BCUT2D eigenvalue weighted by Crippen LogP contribution is 2.43. The van der Waals surface area contributed by atoms with Gasteiger partial charge in [-0.2, -0.15) is 5.10 Å². The Morgan fingerprint density at radius 3 is 2.53 bits per heavy atom. The Balaban J connectivity index is 1.28. The Morgan fingerprint density at radius 2 is 1.84 bits per heavy atom. The summed E-state index contributed by atoms with van der Waals surface area (Å²) in [6.45, 7) is 2.59. The van der Waals surface area contributed by atoms with Crippen molar-refractivity contribution in [2.45, 2.75) is 89.1 Å². The molecule has 2 atom stereocenters. The van der Waals surface area contributed by atoms with Gasteiger partial charge in [0.15, 0.2) is 5.65 Å². The molecule has 9 nitrogen and oxygen atoms in total. The van der Waals surface area contributed by atoms with Gasteiger partial charge in [-0.1, -0.05) is 13.0 Å². The number of benzene rings is 1. The van der Waals surface area contributed by atoms with Crippen molar-refractivity contribution in [1.82, 2.24) is 25.2 Å². The zero-order chi connectivity index (χ0) is 30.1. The number of amides is 3. The van der Waals surface area contributed by atoms with Crippen LogP contribution < -0.4 is 15.5 Å². The van der Waals surface area contributed by atoms with Gasteiger partial charge in [-0.25, -0.2) is 18.3 Å². The third kappa shape index (κ3) is 6.55. The Morgan fingerprint density at radius 1 is 1.07 bits per heavy atom. The van der Waals surface area contributed by atoms with Crippen LogP contribution in [-0.2, 0) is 9.59 Å². The Hall–Kier alpha value is -3.89. The fourth-order valence-electron chi connectivity index (χ4n) is 6.40. The van der Waals surface area contributed by atoms with Crippen molar-refractivity contribution >= 4 is 29.1 Å². The average Bonchev–Trinajstić information content (AvgIpc) is 3.60. The monoisotopic (exact) mass is 592 g/mol. The minimum atomic E-state index is -2.71. The Labute approximate surface area is 249 Å². The van der Waals surface area contributed by atoms with Crippen molar-refractivity contribution in [2.75, 3.05) is 11.4 Å². The van der Waals surface area contributed by atoms with E-state index in [-0.39, 0.29) is 55.4 Å². The number of alkyl halides is 2. The maximum absolute atomic E-state index is 14.1. The van der Waals surface area contributed by atoms with Gasteiger partial charge in [-0.05, 0) is 80.2 Å². The number of fused-ring (bicyclic) bond motifs is 1. The quantitative estimate of drug-likeness (QED) is 0.322. The van der Waals surface area contributed by atoms with Crippen LogP contribution in [0.2, 0.25) is 0 Å². The summed E-state index contributed by atoms with van der Waals surface area (Å²) < 4.78 is 29.9. The first-order chi connectivity index (χ1) is 20.7. The van der Waals surface area contributed by atoms with Gasteiger partial charge >= 0.3 is 0 Å². The van der Waals surface area contributed by atoms with Gasteiger partial charge in [0.05, 0.1) is 30.2 Å². The Kier molecular flexibility index (Phi) is 8.15. The van der Waals surface area contributed by atoms with E-state index in [0.717, 1.165) is 31.2 Å². The van der Waals surface area contributed by atoms with Crippen LogP contribution in [0.4, 0.5) is 14.5 Å². The number of hydrogen-bond acceptors (Lipinski definition) is 5. The lowest BCUT2D eigenvalue weighted by molar-refractivity contribution is -0.122. The van der Waals surface area contributed by atoms with Crippen LogP contribution in [0.5, 0.6) is 0 Å². The number of carbonyl (C=O) groups excluding carboxylic acids is 3. The van der Waals surface area contributed by atoms with E-state index < -0.39 is 12.0 Å². The summed E-state index contributed by atoms with van der Waals surface area (Å²) >= 11 is 0. The molecule has 2 aromatic heterocycles. The second-order valence-corrected chi connectivity index (χ2v) is 12.2. The maximum atomic E-state index is 14.1. The molecule has 3 heterocycles. The molecule has 2 N–H and O–H groups in total. The molecule has 3 aliphatic rings. The largest absolute Gasteiger partial charge is 0.349 e. The van der Waals surface area contributed by atoms with Crippen molar-refractivity contribution in [3.05, 3.63) is 59.5 Å². The molecule has 11 heteroatoms. The van der Waals surface area contributed by atoms with Crippen molar-refractivity contribution in [1.29, 1.82) is 0 Å². The zero-order valence-electron chi connectivity index (χ0n) is 24.4. The standard InChI is InChI=1S/C32H38F2N6O3/c1-2-5-27(41)37-29(20-9-10-20)23-17-26-36-25(19-40(26)35-18-23)30(21-11-13-32(33,34)14-12-21)38-31(43)22-6-3-7-24(16-22)39-15-4-8-28(39)42/h3,6-7,16-21,29-30H,2,4-5,8-15H2,1H3,(H,37,41)(H,38,43)/t29-,30+/m1/s1. The topological polar surface area (TPSA) is 109 Å². The van der Waals surface area contributed by atoms with Gasteiger partial charge in [0.2, 0.25) is 17.7 Å². The molecule has 3 amide bonds. The highest BCUT2D eigenvalue weighted by atomic mass is 19.3. The normalized spacial score (nSPS) is 20.3. The lowest BCUT2D eigenvalue weighted by Crippen LogP contribution is -2.37. The first-order valence-corrected chi connectivity index (χ1v) is 15.4. The molecule has 0 radical (unpaired) electrons. The Bertz CT molecular complexity index is 1510. The summed E-state index contributed by atoms with van der Waals surface area (Å²) in [4.78, 5) is 44.8. The summed E-state index contributed by atoms with van der Waals surface area (Å²) in [7, 11) is 0. The summed E-state index contributed by atoms with van der Waals surface area (Å²) in [6.07, 6.45) is 8.08. The number of nitrogens with one attached hydrogen (secondary N) is 2. The number of anilines is 1. The molecular weight excluding hydrogens is 554 g/mol. The fourth-order valence-corrected chi connectivity index (χ4v) is 6.40. The zero-order valence-corrected chi connectivity index (χ0v) is 24.4. The molecule has 1 saturated heterocycles. The number of halogens is 2. The second-order valence-electron chi connectivity index (χ2n) is 12.2. The van der Waals surface area contributed by atoms with Crippen LogP contribution in [0, 0.1) is 11.8 Å². The summed E-state index contributed by atoms with van der Waals surface area (Å²) in [5.74, 6) is -2.89. The lowest BCUT2D eigenvalue weighted by atomic mass is 9.81. The van der Waals surface area contributed by atoms with E-state index in [1.54, 1.807) is 40.0 Å². The van der Waals surface area contributed by atoms with E-state index in [2.05, 4.69) is 15.7 Å². The molecule has 1 aliphatic heterocycles. The number of nitrogens with zero attached hydrogens (tertiary/aromatic N) is 4. The molecular formula is C32H38F2N6O3. The molecule has 228 valence electrons. The van der Waals surface area contributed by atoms with Crippen molar-refractivity contribution in [3.8, 4) is 0 Å². The highest BCUT2D eigenvalue weighted by Gasteiger charge is 2.40. The minimum Gasteiger partial charge on any atom is -0.349 e. The molecule has 3 aromatic rings. The summed E-state index contributed by atoms with van der Waals surface area (Å²) in [6, 6.07) is 8.12. The molecule has 3 fully saturated rings. The van der Waals surface area contributed by atoms with E-state index in [0.29, 0.717) is 47.9 Å². The molecule has 2 saturated carbocycles. The average molecular weight is 593 g/mol. The predicted octanol–water partition coefficient (Wildman–Crippen LogP) is 5.52. The van der Waals surface area contributed by atoms with Crippen LogP contribution in [0.25, 0.3) is 5.65 Å². The van der Waals surface area contributed by atoms with Crippen molar-refractivity contribution in [3.63, 3.8) is 0 Å². The van der Waals surface area contributed by atoms with Crippen molar-refractivity contribution < 1.29 is 23.2 Å². The van der Waals surface area contributed by atoms with Gasteiger partial charge in [-0.15, -0.1) is 0 Å². The number of rotatable bonds is 10. The molecule has 1 aromatic carbocycles. The van der Waals surface area contributed by atoms with E-state index in [1.807, 2.05) is 19.1 Å². The highest BCUT2D eigenvalue weighted by molar-refractivity contribution is 5.99. The molecule has 0 unspecified atom stereocenters. The number of imidazole rings is 1. The van der Waals surface area contributed by atoms with Gasteiger partial charge in [0.25, 0.3) is 5.91 Å². The van der Waals surface area contributed by atoms with Gasteiger partial charge in [0.1, 0.15) is 0 Å². The van der Waals surface area contributed by atoms with Gasteiger partial charge in [-0.3, -0.25) is 14.4 Å². The van der Waals surface area contributed by atoms with Gasteiger partial charge in [0, 0.05) is 43.5 Å². The van der Waals surface area contributed by atoms with E-state index in [1.165, 1.54) is 0 Å². The van der Waals surface area contributed by atoms with Crippen LogP contribution in [-0.4, -0.2) is 44.8 Å². The van der Waals surface area contributed by atoms with Crippen LogP contribution in [0.3, 0.4) is 0 Å². The van der Waals surface area contributed by atoms with Crippen LogP contribution in [0.1, 0.15) is 105 Å². The summed E-state index contributed by atoms with van der Waals surface area (Å²) in [5.41, 5.74) is 3.06. The third-order valence-electron chi connectivity index (χ3n) is 8.94. The molecule has 0 spiro atoms. The first kappa shape index (κ1) is 29.2.